The van der Waals surface area contributed by atoms with E-state index in [1.165, 1.54) is 18.5 Å². The molecule has 1 unspecified atom stereocenters. The van der Waals surface area contributed by atoms with E-state index in [0.717, 1.165) is 38.5 Å². The number of oxazole rings is 1. The van der Waals surface area contributed by atoms with Crippen LogP contribution >= 0.6 is 0 Å². The second-order valence-corrected chi connectivity index (χ2v) is 4.82. The quantitative estimate of drug-likeness (QED) is 0.788. The van der Waals surface area contributed by atoms with Crippen LogP contribution in [0, 0.1) is 0 Å². The summed E-state index contributed by atoms with van der Waals surface area (Å²) in [5.74, 6) is 2.04. The van der Waals surface area contributed by atoms with E-state index in [4.69, 9.17) is 4.42 Å². The molecular formula is C12H19N3O. The van der Waals surface area contributed by atoms with Crippen LogP contribution in [0.2, 0.25) is 0 Å². The van der Waals surface area contributed by atoms with Crippen LogP contribution in [0.15, 0.2) is 10.7 Å². The third kappa shape index (κ3) is 1.99. The molecule has 2 aliphatic rings. The summed E-state index contributed by atoms with van der Waals surface area (Å²) >= 11 is 0. The van der Waals surface area contributed by atoms with Gasteiger partial charge in [-0.15, -0.1) is 0 Å². The molecule has 4 heteroatoms. The molecule has 0 bridgehead atoms. The molecule has 0 aliphatic carbocycles. The summed E-state index contributed by atoms with van der Waals surface area (Å²) in [6.07, 6.45) is 5.42. The van der Waals surface area contributed by atoms with Crippen molar-refractivity contribution < 1.29 is 4.42 Å². The van der Waals surface area contributed by atoms with Crippen LogP contribution in [0.4, 0.5) is 0 Å². The standard InChI is InChI=1S/C12H19N3O/c1-4-13-5-2-9(1)11-8-16-12(15-11)10-3-6-14-7-10/h8-10,13-14H,1-7H2. The van der Waals surface area contributed by atoms with Crippen LogP contribution in [-0.2, 0) is 0 Å². The summed E-state index contributed by atoms with van der Waals surface area (Å²) in [7, 11) is 0. The summed E-state index contributed by atoms with van der Waals surface area (Å²) < 4.78 is 5.63. The van der Waals surface area contributed by atoms with Gasteiger partial charge < -0.3 is 15.1 Å². The zero-order chi connectivity index (χ0) is 10.8. The lowest BCUT2D eigenvalue weighted by Gasteiger charge is -2.20. The predicted molar refractivity (Wildman–Crippen MR) is 61.6 cm³/mol. The first-order chi connectivity index (χ1) is 7.93. The number of rotatable bonds is 2. The lowest BCUT2D eigenvalue weighted by molar-refractivity contribution is 0.448. The average molecular weight is 221 g/mol. The number of nitrogens with one attached hydrogen (secondary N) is 2. The lowest BCUT2D eigenvalue weighted by Crippen LogP contribution is -2.26. The molecule has 3 heterocycles. The predicted octanol–water partition coefficient (Wildman–Crippen LogP) is 1.22. The van der Waals surface area contributed by atoms with Crippen molar-refractivity contribution in [2.75, 3.05) is 26.2 Å². The molecule has 4 nitrogen and oxygen atoms in total. The molecule has 88 valence electrons. The van der Waals surface area contributed by atoms with Crippen molar-refractivity contribution in [2.45, 2.75) is 31.1 Å². The number of hydrogen-bond acceptors (Lipinski definition) is 4. The van der Waals surface area contributed by atoms with Gasteiger partial charge in [-0.25, -0.2) is 4.98 Å². The minimum atomic E-state index is 0.496. The van der Waals surface area contributed by atoms with Gasteiger partial charge in [0, 0.05) is 18.4 Å². The van der Waals surface area contributed by atoms with Crippen molar-refractivity contribution >= 4 is 0 Å². The Bertz CT molecular complexity index is 338. The van der Waals surface area contributed by atoms with Crippen LogP contribution < -0.4 is 10.6 Å². The normalized spacial score (nSPS) is 27.4. The minimum Gasteiger partial charge on any atom is -0.448 e. The molecular weight excluding hydrogens is 202 g/mol. The Morgan fingerprint density at radius 3 is 2.56 bits per heavy atom. The van der Waals surface area contributed by atoms with E-state index in [9.17, 15) is 0 Å². The molecule has 1 aromatic rings. The van der Waals surface area contributed by atoms with E-state index in [2.05, 4.69) is 15.6 Å². The van der Waals surface area contributed by atoms with E-state index in [1.807, 2.05) is 6.26 Å². The Hall–Kier alpha value is -0.870. The van der Waals surface area contributed by atoms with Crippen molar-refractivity contribution in [1.29, 1.82) is 0 Å². The highest BCUT2D eigenvalue weighted by Crippen LogP contribution is 2.28. The average Bonchev–Trinajstić information content (AvgIpc) is 3.01. The molecule has 2 saturated heterocycles. The molecule has 2 fully saturated rings. The summed E-state index contributed by atoms with van der Waals surface area (Å²) in [6, 6.07) is 0. The van der Waals surface area contributed by atoms with Gasteiger partial charge in [-0.05, 0) is 38.9 Å². The summed E-state index contributed by atoms with van der Waals surface area (Å²) in [6.45, 7) is 4.33. The van der Waals surface area contributed by atoms with Gasteiger partial charge in [0.15, 0.2) is 5.89 Å². The Labute approximate surface area is 95.8 Å². The van der Waals surface area contributed by atoms with Gasteiger partial charge in [0.2, 0.25) is 0 Å². The van der Waals surface area contributed by atoms with Gasteiger partial charge >= 0.3 is 0 Å². The molecule has 1 aromatic heterocycles. The Balaban J connectivity index is 1.71. The summed E-state index contributed by atoms with van der Waals surface area (Å²) in [5.41, 5.74) is 1.17. The van der Waals surface area contributed by atoms with Gasteiger partial charge in [0.25, 0.3) is 0 Å². The van der Waals surface area contributed by atoms with Gasteiger partial charge in [-0.3, -0.25) is 0 Å². The maximum atomic E-state index is 5.63. The molecule has 0 amide bonds. The van der Waals surface area contributed by atoms with Gasteiger partial charge in [-0.2, -0.15) is 0 Å². The zero-order valence-corrected chi connectivity index (χ0v) is 9.54. The van der Waals surface area contributed by atoms with Crippen LogP contribution in [0.25, 0.3) is 0 Å². The first kappa shape index (κ1) is 10.3. The molecule has 0 saturated carbocycles. The number of nitrogens with zero attached hydrogens (tertiary/aromatic N) is 1. The molecule has 0 spiro atoms. The third-order valence-electron chi connectivity index (χ3n) is 3.71. The number of hydrogen-bond donors (Lipinski definition) is 2. The van der Waals surface area contributed by atoms with Crippen molar-refractivity contribution in [1.82, 2.24) is 15.6 Å². The maximum Gasteiger partial charge on any atom is 0.198 e. The van der Waals surface area contributed by atoms with Crippen LogP contribution in [0.3, 0.4) is 0 Å². The van der Waals surface area contributed by atoms with Crippen molar-refractivity contribution in [3.05, 3.63) is 17.8 Å². The summed E-state index contributed by atoms with van der Waals surface area (Å²) in [5, 5.41) is 6.73. The largest absolute Gasteiger partial charge is 0.448 e. The summed E-state index contributed by atoms with van der Waals surface area (Å²) in [4.78, 5) is 4.68. The second-order valence-electron chi connectivity index (χ2n) is 4.82. The SMILES string of the molecule is c1oc(C2CCNC2)nc1C1CCNCC1. The highest BCUT2D eigenvalue weighted by molar-refractivity contribution is 5.09. The topological polar surface area (TPSA) is 50.1 Å². The first-order valence-corrected chi connectivity index (χ1v) is 6.30. The van der Waals surface area contributed by atoms with Crippen molar-refractivity contribution in [3.8, 4) is 0 Å². The van der Waals surface area contributed by atoms with Crippen molar-refractivity contribution in [2.24, 2.45) is 0 Å². The van der Waals surface area contributed by atoms with Crippen LogP contribution in [0.1, 0.15) is 42.7 Å². The molecule has 16 heavy (non-hydrogen) atoms. The highest BCUT2D eigenvalue weighted by Gasteiger charge is 2.24. The third-order valence-corrected chi connectivity index (χ3v) is 3.71. The van der Waals surface area contributed by atoms with E-state index in [-0.39, 0.29) is 0 Å². The van der Waals surface area contributed by atoms with E-state index < -0.39 is 0 Å². The fourth-order valence-corrected chi connectivity index (χ4v) is 2.66. The van der Waals surface area contributed by atoms with Gasteiger partial charge in [-0.1, -0.05) is 0 Å². The molecule has 2 aliphatic heterocycles. The fraction of sp³-hybridized carbons (Fsp3) is 0.750. The number of piperidine rings is 1. The molecule has 2 N–H and O–H groups in total. The first-order valence-electron chi connectivity index (χ1n) is 6.30. The molecule has 1 atom stereocenters. The second kappa shape index (κ2) is 4.55. The maximum absolute atomic E-state index is 5.63. The number of aromatic nitrogens is 1. The van der Waals surface area contributed by atoms with E-state index in [0.29, 0.717) is 11.8 Å². The Morgan fingerprint density at radius 1 is 1.06 bits per heavy atom. The molecule has 0 aromatic carbocycles. The molecule has 0 radical (unpaired) electrons. The zero-order valence-electron chi connectivity index (χ0n) is 9.54. The monoisotopic (exact) mass is 221 g/mol. The van der Waals surface area contributed by atoms with E-state index in [1.54, 1.807) is 0 Å². The fourth-order valence-electron chi connectivity index (χ4n) is 2.66. The molecule has 3 rings (SSSR count). The van der Waals surface area contributed by atoms with Crippen molar-refractivity contribution in [3.63, 3.8) is 0 Å². The Kier molecular flexibility index (Phi) is 2.93. The smallest absolute Gasteiger partial charge is 0.198 e. The van der Waals surface area contributed by atoms with Gasteiger partial charge in [0.1, 0.15) is 6.26 Å². The van der Waals surface area contributed by atoms with E-state index >= 15 is 0 Å². The Morgan fingerprint density at radius 2 is 1.81 bits per heavy atom. The highest BCUT2D eigenvalue weighted by atomic mass is 16.3. The minimum absolute atomic E-state index is 0.496. The van der Waals surface area contributed by atoms with Gasteiger partial charge in [0.05, 0.1) is 5.69 Å². The van der Waals surface area contributed by atoms with Crippen LogP contribution in [-0.4, -0.2) is 31.2 Å². The van der Waals surface area contributed by atoms with Crippen LogP contribution in [0.5, 0.6) is 0 Å². The lowest BCUT2D eigenvalue weighted by atomic mass is 9.95.